The summed E-state index contributed by atoms with van der Waals surface area (Å²) in [7, 11) is 0. The fraction of sp³-hybridized carbons (Fsp3) is 0.500. The molecule has 1 N–H and O–H groups in total. The third kappa shape index (κ3) is 3.08. The Morgan fingerprint density at radius 1 is 1.41 bits per heavy atom. The molecule has 1 aromatic carbocycles. The SMILES string of the molecule is CC1(C(=O)Cc2cccc(Cl)c2)CCNCC1. The van der Waals surface area contributed by atoms with Crippen LogP contribution in [0.3, 0.4) is 0 Å². The molecule has 3 heteroatoms. The average Bonchev–Trinajstić information content (AvgIpc) is 2.30. The van der Waals surface area contributed by atoms with Gasteiger partial charge >= 0.3 is 0 Å². The number of carbonyl (C=O) groups is 1. The molecule has 1 aliphatic heterocycles. The van der Waals surface area contributed by atoms with E-state index in [4.69, 9.17) is 11.6 Å². The van der Waals surface area contributed by atoms with E-state index in [1.54, 1.807) is 0 Å². The van der Waals surface area contributed by atoms with Crippen molar-refractivity contribution in [1.82, 2.24) is 5.32 Å². The van der Waals surface area contributed by atoms with Crippen molar-refractivity contribution in [2.24, 2.45) is 5.41 Å². The average molecular weight is 252 g/mol. The molecule has 1 aromatic rings. The van der Waals surface area contributed by atoms with Gasteiger partial charge in [-0.15, -0.1) is 0 Å². The highest BCUT2D eigenvalue weighted by Crippen LogP contribution is 2.30. The first-order valence-electron chi connectivity index (χ1n) is 6.09. The lowest BCUT2D eigenvalue weighted by Gasteiger charge is -2.32. The van der Waals surface area contributed by atoms with Gasteiger partial charge in [0.1, 0.15) is 5.78 Å². The van der Waals surface area contributed by atoms with Gasteiger partial charge in [0.25, 0.3) is 0 Å². The van der Waals surface area contributed by atoms with Gasteiger partial charge in [-0.05, 0) is 43.6 Å². The zero-order chi connectivity index (χ0) is 12.3. The van der Waals surface area contributed by atoms with Crippen molar-refractivity contribution < 1.29 is 4.79 Å². The number of Topliss-reactive ketones (excluding diaryl/α,β-unsaturated/α-hetero) is 1. The molecule has 0 aromatic heterocycles. The lowest BCUT2D eigenvalue weighted by Crippen LogP contribution is -2.40. The molecule has 0 bridgehead atoms. The van der Waals surface area contributed by atoms with Crippen molar-refractivity contribution in [3.63, 3.8) is 0 Å². The Morgan fingerprint density at radius 2 is 2.12 bits per heavy atom. The summed E-state index contributed by atoms with van der Waals surface area (Å²) in [5.41, 5.74) is 0.857. The molecule has 92 valence electrons. The van der Waals surface area contributed by atoms with E-state index in [1.807, 2.05) is 24.3 Å². The standard InChI is InChI=1S/C14H18ClNO/c1-14(5-7-16-8-6-14)13(17)10-11-3-2-4-12(15)9-11/h2-4,9,16H,5-8,10H2,1H3. The highest BCUT2D eigenvalue weighted by molar-refractivity contribution is 6.30. The Balaban J connectivity index is 2.05. The predicted octanol–water partition coefficient (Wildman–Crippen LogP) is 2.84. The summed E-state index contributed by atoms with van der Waals surface area (Å²) in [6, 6.07) is 7.58. The Morgan fingerprint density at radius 3 is 2.76 bits per heavy atom. The third-order valence-corrected chi connectivity index (χ3v) is 3.87. The predicted molar refractivity (Wildman–Crippen MR) is 70.4 cm³/mol. The van der Waals surface area contributed by atoms with E-state index in [1.165, 1.54) is 0 Å². The Kier molecular flexibility index (Phi) is 3.85. The molecule has 0 amide bonds. The Labute approximate surface area is 107 Å². The van der Waals surface area contributed by atoms with Crippen LogP contribution in [0.25, 0.3) is 0 Å². The maximum Gasteiger partial charge on any atom is 0.143 e. The van der Waals surface area contributed by atoms with Gasteiger partial charge in [-0.25, -0.2) is 0 Å². The quantitative estimate of drug-likeness (QED) is 0.895. The van der Waals surface area contributed by atoms with Crippen LogP contribution >= 0.6 is 11.6 Å². The Hall–Kier alpha value is -0.860. The second-order valence-corrected chi connectivity index (χ2v) is 5.48. The zero-order valence-electron chi connectivity index (χ0n) is 10.1. The first kappa shape index (κ1) is 12.6. The lowest BCUT2D eigenvalue weighted by atomic mass is 9.75. The number of hydrogen-bond donors (Lipinski definition) is 1. The molecule has 1 heterocycles. The molecule has 2 nitrogen and oxygen atoms in total. The lowest BCUT2D eigenvalue weighted by molar-refractivity contribution is -0.128. The van der Waals surface area contributed by atoms with E-state index >= 15 is 0 Å². The first-order valence-corrected chi connectivity index (χ1v) is 6.46. The summed E-state index contributed by atoms with van der Waals surface area (Å²) < 4.78 is 0. The van der Waals surface area contributed by atoms with Gasteiger partial charge in [-0.3, -0.25) is 4.79 Å². The number of nitrogens with one attached hydrogen (secondary N) is 1. The van der Waals surface area contributed by atoms with E-state index < -0.39 is 0 Å². The molecule has 0 spiro atoms. The molecule has 0 unspecified atom stereocenters. The van der Waals surface area contributed by atoms with Crippen LogP contribution in [0.15, 0.2) is 24.3 Å². The molecule has 17 heavy (non-hydrogen) atoms. The summed E-state index contributed by atoms with van der Waals surface area (Å²) in [6.07, 6.45) is 2.37. The summed E-state index contributed by atoms with van der Waals surface area (Å²) >= 11 is 5.93. The summed E-state index contributed by atoms with van der Waals surface area (Å²) in [5, 5.41) is 3.99. The number of hydrogen-bond acceptors (Lipinski definition) is 2. The number of carbonyl (C=O) groups excluding carboxylic acids is 1. The largest absolute Gasteiger partial charge is 0.317 e. The summed E-state index contributed by atoms with van der Waals surface area (Å²) in [6.45, 7) is 3.97. The van der Waals surface area contributed by atoms with Crippen LogP contribution in [-0.2, 0) is 11.2 Å². The van der Waals surface area contributed by atoms with Gasteiger partial charge in [0.05, 0.1) is 0 Å². The second-order valence-electron chi connectivity index (χ2n) is 5.04. The van der Waals surface area contributed by atoms with Gasteiger partial charge < -0.3 is 5.32 Å². The maximum atomic E-state index is 12.3. The van der Waals surface area contributed by atoms with Gasteiger partial charge in [0, 0.05) is 16.9 Å². The van der Waals surface area contributed by atoms with Crippen molar-refractivity contribution in [2.75, 3.05) is 13.1 Å². The number of piperidine rings is 1. The van der Waals surface area contributed by atoms with Crippen LogP contribution < -0.4 is 5.32 Å². The van der Waals surface area contributed by atoms with Crippen molar-refractivity contribution in [1.29, 1.82) is 0 Å². The molecule has 1 aliphatic rings. The highest BCUT2D eigenvalue weighted by atomic mass is 35.5. The highest BCUT2D eigenvalue weighted by Gasteiger charge is 2.33. The van der Waals surface area contributed by atoms with Gasteiger partial charge in [-0.2, -0.15) is 0 Å². The van der Waals surface area contributed by atoms with Crippen molar-refractivity contribution in [2.45, 2.75) is 26.2 Å². The molecule has 2 rings (SSSR count). The topological polar surface area (TPSA) is 29.1 Å². The molecule has 0 saturated carbocycles. The first-order chi connectivity index (χ1) is 8.10. The fourth-order valence-electron chi connectivity index (χ4n) is 2.30. The molecular weight excluding hydrogens is 234 g/mol. The smallest absolute Gasteiger partial charge is 0.143 e. The maximum absolute atomic E-state index is 12.3. The van der Waals surface area contributed by atoms with E-state index in [0.717, 1.165) is 31.5 Å². The van der Waals surface area contributed by atoms with E-state index in [0.29, 0.717) is 17.2 Å². The van der Waals surface area contributed by atoms with E-state index in [9.17, 15) is 4.79 Å². The molecule has 1 fully saturated rings. The van der Waals surface area contributed by atoms with Crippen molar-refractivity contribution >= 4 is 17.4 Å². The number of ketones is 1. The Bertz CT molecular complexity index is 410. The minimum absolute atomic E-state index is 0.159. The van der Waals surface area contributed by atoms with Crippen LogP contribution in [0.5, 0.6) is 0 Å². The monoisotopic (exact) mass is 251 g/mol. The van der Waals surface area contributed by atoms with E-state index in [2.05, 4.69) is 12.2 Å². The minimum Gasteiger partial charge on any atom is -0.317 e. The van der Waals surface area contributed by atoms with Crippen LogP contribution in [0, 0.1) is 5.41 Å². The minimum atomic E-state index is -0.159. The fourth-order valence-corrected chi connectivity index (χ4v) is 2.52. The summed E-state index contributed by atoms with van der Waals surface area (Å²) in [4.78, 5) is 12.3. The molecule has 0 radical (unpaired) electrons. The molecule has 0 aliphatic carbocycles. The van der Waals surface area contributed by atoms with Gasteiger partial charge in [0.15, 0.2) is 0 Å². The van der Waals surface area contributed by atoms with Gasteiger partial charge in [-0.1, -0.05) is 30.7 Å². The molecular formula is C14H18ClNO. The molecule has 0 atom stereocenters. The number of rotatable bonds is 3. The number of benzene rings is 1. The second kappa shape index (κ2) is 5.19. The molecule has 1 saturated heterocycles. The van der Waals surface area contributed by atoms with Crippen LogP contribution in [0.2, 0.25) is 5.02 Å². The van der Waals surface area contributed by atoms with Crippen molar-refractivity contribution in [3.8, 4) is 0 Å². The van der Waals surface area contributed by atoms with Gasteiger partial charge in [0.2, 0.25) is 0 Å². The van der Waals surface area contributed by atoms with Crippen LogP contribution in [0.4, 0.5) is 0 Å². The van der Waals surface area contributed by atoms with E-state index in [-0.39, 0.29) is 5.41 Å². The normalized spacial score (nSPS) is 18.9. The third-order valence-electron chi connectivity index (χ3n) is 3.63. The van der Waals surface area contributed by atoms with Crippen LogP contribution in [-0.4, -0.2) is 18.9 Å². The van der Waals surface area contributed by atoms with Crippen molar-refractivity contribution in [3.05, 3.63) is 34.9 Å². The summed E-state index contributed by atoms with van der Waals surface area (Å²) in [5.74, 6) is 0.335. The zero-order valence-corrected chi connectivity index (χ0v) is 10.9. The van der Waals surface area contributed by atoms with Crippen LogP contribution in [0.1, 0.15) is 25.3 Å². The number of halogens is 1.